The van der Waals surface area contributed by atoms with E-state index in [1.54, 1.807) is 41.8 Å². The largest absolute Gasteiger partial charge is 0.309 e. The number of aromatic nitrogens is 4. The first-order valence-corrected chi connectivity index (χ1v) is 5.38. The molecule has 0 bridgehead atoms. The molecule has 0 saturated carbocycles. The van der Waals surface area contributed by atoms with E-state index in [0.717, 1.165) is 5.69 Å². The Labute approximate surface area is 99.2 Å². The van der Waals surface area contributed by atoms with E-state index in [1.807, 2.05) is 13.0 Å². The zero-order valence-corrected chi connectivity index (χ0v) is 10.1. The molecule has 0 unspecified atom stereocenters. The maximum atomic E-state index is 12.0. The first-order valence-electron chi connectivity index (χ1n) is 5.38. The average Bonchev–Trinajstić information content (AvgIpc) is 2.88. The number of hydrogen-bond donors (Lipinski definition) is 1. The highest BCUT2D eigenvalue weighted by atomic mass is 16.2. The van der Waals surface area contributed by atoms with Gasteiger partial charge in [0.05, 0.1) is 5.69 Å². The van der Waals surface area contributed by atoms with Crippen molar-refractivity contribution in [3.63, 3.8) is 0 Å². The summed E-state index contributed by atoms with van der Waals surface area (Å²) in [5.41, 5.74) is 0.870. The van der Waals surface area contributed by atoms with Crippen LogP contribution in [0.3, 0.4) is 0 Å². The van der Waals surface area contributed by atoms with Crippen molar-refractivity contribution in [2.75, 3.05) is 5.32 Å². The minimum atomic E-state index is -0.347. The number of carbonyl (C=O) groups is 1. The number of rotatable bonds is 3. The maximum Gasteiger partial charge on any atom is 0.250 e. The van der Waals surface area contributed by atoms with Crippen LogP contribution in [0.5, 0.6) is 0 Å². The molecule has 0 aliphatic heterocycles. The van der Waals surface area contributed by atoms with Crippen molar-refractivity contribution in [1.82, 2.24) is 19.6 Å². The van der Waals surface area contributed by atoms with E-state index < -0.39 is 0 Å². The lowest BCUT2D eigenvalue weighted by Gasteiger charge is -2.12. The predicted octanol–water partition coefficient (Wildman–Crippen LogP) is 1.12. The fourth-order valence-electron chi connectivity index (χ4n) is 1.59. The molecular formula is C11H15N5O. The molecule has 1 atom stereocenters. The molecule has 6 heteroatoms. The maximum absolute atomic E-state index is 12.0. The summed E-state index contributed by atoms with van der Waals surface area (Å²) in [7, 11) is 1.79. The molecule has 1 N–H and O–H groups in total. The summed E-state index contributed by atoms with van der Waals surface area (Å²) < 4.78 is 3.25. The molecule has 2 aromatic heterocycles. The van der Waals surface area contributed by atoms with Crippen molar-refractivity contribution < 1.29 is 4.79 Å². The van der Waals surface area contributed by atoms with Gasteiger partial charge < -0.3 is 5.32 Å². The van der Waals surface area contributed by atoms with Gasteiger partial charge >= 0.3 is 0 Å². The van der Waals surface area contributed by atoms with Crippen molar-refractivity contribution in [3.8, 4) is 0 Å². The van der Waals surface area contributed by atoms with Gasteiger partial charge in [-0.15, -0.1) is 0 Å². The summed E-state index contributed by atoms with van der Waals surface area (Å²) in [6.45, 7) is 3.68. The topological polar surface area (TPSA) is 64.7 Å². The van der Waals surface area contributed by atoms with Crippen LogP contribution in [0.15, 0.2) is 24.5 Å². The van der Waals surface area contributed by atoms with E-state index >= 15 is 0 Å². The van der Waals surface area contributed by atoms with Crippen LogP contribution in [0, 0.1) is 6.92 Å². The first kappa shape index (κ1) is 11.4. The quantitative estimate of drug-likeness (QED) is 0.864. The summed E-state index contributed by atoms with van der Waals surface area (Å²) in [5, 5.41) is 11.0. The van der Waals surface area contributed by atoms with Gasteiger partial charge in [-0.05, 0) is 19.9 Å². The molecule has 17 heavy (non-hydrogen) atoms. The van der Waals surface area contributed by atoms with E-state index in [0.29, 0.717) is 5.82 Å². The van der Waals surface area contributed by atoms with Crippen molar-refractivity contribution in [3.05, 3.63) is 30.2 Å². The second-order valence-corrected chi connectivity index (χ2v) is 3.95. The van der Waals surface area contributed by atoms with Gasteiger partial charge in [0, 0.05) is 25.5 Å². The Bertz CT molecular complexity index is 514. The summed E-state index contributed by atoms with van der Waals surface area (Å²) in [6, 6.07) is 3.27. The van der Waals surface area contributed by atoms with Crippen LogP contribution in [0.25, 0.3) is 0 Å². The Morgan fingerprint density at radius 1 is 1.53 bits per heavy atom. The highest BCUT2D eigenvalue weighted by Crippen LogP contribution is 2.11. The monoisotopic (exact) mass is 233 g/mol. The molecule has 90 valence electrons. The smallest absolute Gasteiger partial charge is 0.250 e. The Balaban J connectivity index is 2.09. The fourth-order valence-corrected chi connectivity index (χ4v) is 1.59. The average molecular weight is 233 g/mol. The molecule has 2 heterocycles. The third-order valence-electron chi connectivity index (χ3n) is 2.55. The Kier molecular flexibility index (Phi) is 2.95. The molecule has 0 aliphatic carbocycles. The van der Waals surface area contributed by atoms with Gasteiger partial charge in [-0.1, -0.05) is 0 Å². The SMILES string of the molecule is Cc1cc(NC(=O)[C@@H](C)n2cccn2)n(C)n1. The zero-order chi connectivity index (χ0) is 12.4. The van der Waals surface area contributed by atoms with Crippen LogP contribution in [0.2, 0.25) is 0 Å². The molecule has 0 radical (unpaired) electrons. The molecule has 1 amide bonds. The van der Waals surface area contributed by atoms with Gasteiger partial charge in [0.15, 0.2) is 0 Å². The van der Waals surface area contributed by atoms with Crippen LogP contribution < -0.4 is 5.32 Å². The molecule has 2 rings (SSSR count). The van der Waals surface area contributed by atoms with Crippen LogP contribution in [-0.2, 0) is 11.8 Å². The zero-order valence-electron chi connectivity index (χ0n) is 10.1. The first-order chi connectivity index (χ1) is 8.08. The molecule has 0 saturated heterocycles. The molecule has 0 spiro atoms. The number of nitrogens with one attached hydrogen (secondary N) is 1. The van der Waals surface area contributed by atoms with Crippen molar-refractivity contribution >= 4 is 11.7 Å². The highest BCUT2D eigenvalue weighted by Gasteiger charge is 2.16. The second-order valence-electron chi connectivity index (χ2n) is 3.95. The summed E-state index contributed by atoms with van der Waals surface area (Å²) in [4.78, 5) is 12.0. The van der Waals surface area contributed by atoms with Crippen molar-refractivity contribution in [2.45, 2.75) is 19.9 Å². The third kappa shape index (κ3) is 2.35. The lowest BCUT2D eigenvalue weighted by atomic mass is 10.3. The molecule has 6 nitrogen and oxygen atoms in total. The number of amides is 1. The van der Waals surface area contributed by atoms with E-state index in [1.165, 1.54) is 0 Å². The Hall–Kier alpha value is -2.11. The molecular weight excluding hydrogens is 218 g/mol. The number of nitrogens with zero attached hydrogens (tertiary/aromatic N) is 4. The van der Waals surface area contributed by atoms with E-state index in [9.17, 15) is 4.79 Å². The second kappa shape index (κ2) is 4.40. The third-order valence-corrected chi connectivity index (χ3v) is 2.55. The van der Waals surface area contributed by atoms with Crippen molar-refractivity contribution in [1.29, 1.82) is 0 Å². The Morgan fingerprint density at radius 3 is 2.82 bits per heavy atom. The fraction of sp³-hybridized carbons (Fsp3) is 0.364. The van der Waals surface area contributed by atoms with Gasteiger partial charge in [0.25, 0.3) is 0 Å². The molecule has 0 aliphatic rings. The number of anilines is 1. The number of hydrogen-bond acceptors (Lipinski definition) is 3. The molecule has 0 aromatic carbocycles. The minimum absolute atomic E-state index is 0.114. The molecule has 0 fully saturated rings. The van der Waals surface area contributed by atoms with Crippen LogP contribution in [-0.4, -0.2) is 25.5 Å². The summed E-state index contributed by atoms with van der Waals surface area (Å²) in [6.07, 6.45) is 3.41. The normalized spacial score (nSPS) is 12.4. The van der Waals surface area contributed by atoms with Crippen molar-refractivity contribution in [2.24, 2.45) is 7.05 Å². The predicted molar refractivity (Wildman–Crippen MR) is 63.5 cm³/mol. The van der Waals surface area contributed by atoms with E-state index in [-0.39, 0.29) is 11.9 Å². The van der Waals surface area contributed by atoms with Gasteiger partial charge in [-0.3, -0.25) is 14.2 Å². The van der Waals surface area contributed by atoms with E-state index in [4.69, 9.17) is 0 Å². The van der Waals surface area contributed by atoms with Crippen LogP contribution >= 0.6 is 0 Å². The van der Waals surface area contributed by atoms with Crippen LogP contribution in [0.1, 0.15) is 18.7 Å². The summed E-state index contributed by atoms with van der Waals surface area (Å²) in [5.74, 6) is 0.572. The van der Waals surface area contributed by atoms with Gasteiger partial charge in [0.1, 0.15) is 11.9 Å². The van der Waals surface area contributed by atoms with Gasteiger partial charge in [-0.2, -0.15) is 10.2 Å². The number of carbonyl (C=O) groups excluding carboxylic acids is 1. The van der Waals surface area contributed by atoms with Gasteiger partial charge in [-0.25, -0.2) is 0 Å². The standard InChI is InChI=1S/C11H15N5O/c1-8-7-10(15(3)14-8)13-11(17)9(2)16-6-4-5-12-16/h4-7,9H,1-3H3,(H,13,17)/t9-/m1/s1. The molecule has 2 aromatic rings. The van der Waals surface area contributed by atoms with Crippen LogP contribution in [0.4, 0.5) is 5.82 Å². The number of aryl methyl sites for hydroxylation is 2. The summed E-state index contributed by atoms with van der Waals surface area (Å²) >= 11 is 0. The van der Waals surface area contributed by atoms with Gasteiger partial charge in [0.2, 0.25) is 5.91 Å². The highest BCUT2D eigenvalue weighted by molar-refractivity contribution is 5.92. The lowest BCUT2D eigenvalue weighted by Crippen LogP contribution is -2.25. The Morgan fingerprint density at radius 2 is 2.29 bits per heavy atom. The van der Waals surface area contributed by atoms with E-state index in [2.05, 4.69) is 15.5 Å². The minimum Gasteiger partial charge on any atom is -0.309 e. The lowest BCUT2D eigenvalue weighted by molar-refractivity contribution is -0.119.